The van der Waals surface area contributed by atoms with Crippen LogP contribution >= 0.6 is 0 Å². The van der Waals surface area contributed by atoms with E-state index in [1.165, 1.54) is 0 Å². The summed E-state index contributed by atoms with van der Waals surface area (Å²) >= 11 is 0. The van der Waals surface area contributed by atoms with E-state index in [-0.39, 0.29) is 20.8 Å². The van der Waals surface area contributed by atoms with Gasteiger partial charge in [0.05, 0.1) is 67.2 Å². The minimum atomic E-state index is -5.05. The van der Waals surface area contributed by atoms with Gasteiger partial charge in [-0.1, -0.05) is 82.4 Å². The highest BCUT2D eigenvalue weighted by Crippen LogP contribution is 2.48. The maximum Gasteiger partial charge on any atom is 0.323 e. The Morgan fingerprint density at radius 1 is 0.489 bits per heavy atom. The molecular formula is C72H114N6O12. The molecule has 12 unspecified atom stereocenters. The summed E-state index contributed by atoms with van der Waals surface area (Å²) in [5.74, 6) is -55.8. The number of piperidine rings is 3. The second-order valence-corrected chi connectivity index (χ2v) is 17.8. The smallest absolute Gasteiger partial charge is 0.323 e. The Hall–Kier alpha value is -5.37. The fourth-order valence-corrected chi connectivity index (χ4v) is 7.59. The Morgan fingerprint density at radius 2 is 0.756 bits per heavy atom. The third kappa shape index (κ3) is 17.5. The van der Waals surface area contributed by atoms with E-state index in [1.54, 1.807) is 0 Å². The van der Waals surface area contributed by atoms with Crippen molar-refractivity contribution in [1.82, 2.24) is 14.7 Å². The van der Waals surface area contributed by atoms with Crippen LogP contribution in [-0.4, -0.2) is 150 Å². The molecule has 6 aliphatic rings. The molecule has 90 heavy (non-hydrogen) atoms. The number of methoxy groups -OCH3 is 6. The van der Waals surface area contributed by atoms with Crippen molar-refractivity contribution in [3.63, 3.8) is 0 Å². The highest BCUT2D eigenvalue weighted by Gasteiger charge is 2.45. The predicted molar refractivity (Wildman–Crippen MR) is 353 cm³/mol. The zero-order valence-corrected chi connectivity index (χ0v) is 47.7. The van der Waals surface area contributed by atoms with Gasteiger partial charge in [-0.05, 0) is 143 Å². The number of esters is 3. The number of hydrogen-bond acceptors (Lipinski definition) is 18. The van der Waals surface area contributed by atoms with Crippen molar-refractivity contribution >= 4 is 17.9 Å². The molecule has 0 aromatic heterocycles. The summed E-state index contributed by atoms with van der Waals surface area (Å²) in [5, 5.41) is 0. The highest BCUT2D eigenvalue weighted by molar-refractivity contribution is 5.77. The molecule has 0 saturated carbocycles. The van der Waals surface area contributed by atoms with Gasteiger partial charge in [0.25, 0.3) is 0 Å². The molecule has 3 aromatic carbocycles. The van der Waals surface area contributed by atoms with Gasteiger partial charge in [0.15, 0.2) is 34.5 Å². The summed E-state index contributed by atoms with van der Waals surface area (Å²) in [5.41, 5.74) is 8.32. The largest absolute Gasteiger partial charge is 0.493 e. The second-order valence-electron chi connectivity index (χ2n) is 17.8. The molecule has 0 amide bonds. The van der Waals surface area contributed by atoms with Gasteiger partial charge in [-0.3, -0.25) is 29.1 Å². The van der Waals surface area contributed by atoms with Crippen LogP contribution in [0.5, 0.6) is 34.5 Å². The zero-order chi connectivity index (χ0) is 139. The number of benzene rings is 3. The van der Waals surface area contributed by atoms with Crippen LogP contribution in [0.25, 0.3) is 0 Å². The van der Waals surface area contributed by atoms with Crippen molar-refractivity contribution in [3.05, 3.63) is 69.6 Å². The molecule has 18 heteroatoms. The van der Waals surface area contributed by atoms with Gasteiger partial charge < -0.3 is 59.8 Å². The number of carbonyl (C=O) groups is 3. The van der Waals surface area contributed by atoms with Gasteiger partial charge in [-0.25, -0.2) is 0 Å². The average molecular weight is 1340 g/mol. The summed E-state index contributed by atoms with van der Waals surface area (Å²) in [6.07, 6.45) is -54.8. The number of rotatable bonds is 21. The lowest BCUT2D eigenvalue weighted by molar-refractivity contribution is -0.161. The predicted octanol–water partition coefficient (Wildman–Crippen LogP) is 10.7. The van der Waals surface area contributed by atoms with Gasteiger partial charge in [0.1, 0.15) is 36.3 Å². The van der Waals surface area contributed by atoms with Crippen LogP contribution in [-0.2, 0) is 47.7 Å². The lowest BCUT2D eigenvalue weighted by Crippen LogP contribution is -2.51. The van der Waals surface area contributed by atoms with Crippen molar-refractivity contribution in [2.45, 2.75) is 194 Å². The first-order chi connectivity index (χ1) is 75.3. The first-order valence-electron chi connectivity index (χ1n) is 66.8. The monoisotopic (exact) mass is 1340 g/mol. The fourth-order valence-electron chi connectivity index (χ4n) is 7.59. The number of nitrogens with zero attached hydrogens (tertiary/aromatic N) is 3. The van der Waals surface area contributed by atoms with E-state index in [4.69, 9.17) is 150 Å². The molecule has 0 aliphatic carbocycles. The Kier molecular flexibility index (Phi) is 7.00. The molecule has 504 valence electrons. The molecule has 18 nitrogen and oxygen atoms in total. The van der Waals surface area contributed by atoms with Crippen molar-refractivity contribution in [1.29, 1.82) is 0 Å². The van der Waals surface area contributed by atoms with Gasteiger partial charge in [0, 0.05) is 184 Å². The van der Waals surface area contributed by atoms with Gasteiger partial charge in [-0.15, -0.1) is 0 Å². The van der Waals surface area contributed by atoms with Crippen molar-refractivity contribution in [2.24, 2.45) is 70.2 Å². The van der Waals surface area contributed by atoms with Crippen LogP contribution in [0, 0.1) is 53.0 Å². The lowest BCUT2D eigenvalue weighted by atomic mass is 9.79. The van der Waals surface area contributed by atoms with Gasteiger partial charge in [0.2, 0.25) is 0 Å². The molecule has 6 N–H and O–H groups in total. The van der Waals surface area contributed by atoms with Crippen LogP contribution in [0.2, 0.25) is 0 Å². The van der Waals surface area contributed by atoms with E-state index < -0.39 is 416 Å². The molecule has 0 spiro atoms. The second kappa shape index (κ2) is 32.5. The van der Waals surface area contributed by atoms with E-state index in [9.17, 15) is 39.1 Å². The summed E-state index contributed by atoms with van der Waals surface area (Å²) in [7, 11) is -3.79. The molecule has 0 bridgehead atoms. The fraction of sp³-hybridized carbons (Fsp3) is 0.708. The number of ether oxygens (including phenoxy) is 9. The van der Waals surface area contributed by atoms with Crippen molar-refractivity contribution in [3.8, 4) is 34.5 Å². The minimum Gasteiger partial charge on any atom is -0.493 e. The van der Waals surface area contributed by atoms with Crippen LogP contribution in [0.15, 0.2) is 36.3 Å². The summed E-state index contributed by atoms with van der Waals surface area (Å²) < 4.78 is 756. The van der Waals surface area contributed by atoms with E-state index in [1.807, 2.05) is 0 Å². The highest BCUT2D eigenvalue weighted by atomic mass is 16.6. The van der Waals surface area contributed by atoms with Crippen molar-refractivity contribution in [2.75, 3.05) is 81.5 Å². The summed E-state index contributed by atoms with van der Waals surface area (Å²) in [6.45, 7) is -64.2. The van der Waals surface area contributed by atoms with Crippen LogP contribution in [0.4, 0.5) is 0 Å². The normalized spacial score (nSPS) is 55.6. The molecule has 0 radical (unpaired) electrons. The first kappa shape index (κ1) is 19.4. The molecule has 6 heterocycles. The van der Waals surface area contributed by atoms with E-state index >= 15 is 0 Å². The van der Waals surface area contributed by atoms with Gasteiger partial charge >= 0.3 is 17.9 Å². The molecule has 9 rings (SSSR count). The summed E-state index contributed by atoms with van der Waals surface area (Å²) in [6, 6.07) is -31.7. The zero-order valence-electron chi connectivity index (χ0n) is 132. The van der Waals surface area contributed by atoms with Crippen molar-refractivity contribution < 1.29 is 172 Å². The Labute approximate surface area is 657 Å². The van der Waals surface area contributed by atoms with Gasteiger partial charge in [-0.2, -0.15) is 0 Å². The van der Waals surface area contributed by atoms with E-state index in [0.29, 0.717) is 0 Å². The average Bonchev–Trinajstić information content (AvgIpc) is 0.640. The van der Waals surface area contributed by atoms with Crippen LogP contribution in [0.3, 0.4) is 0 Å². The number of hydrogen-bond donors (Lipinski definition) is 3. The van der Waals surface area contributed by atoms with E-state index in [0.717, 1.165) is 28.4 Å². The standard InChI is InChI=1S/3C24H38N2O4/c3*1-14(2)9-17-13-26-8-7-16-10-21(28-5)22(29-6)11-18(16)19(26)12-20(17)30-24(27)23(25)15(3)4/h3*10-11,14-15,17,19-20,23H,7-9,12-13,25H2,1-6H3/t3*17?,19?,20?,23-/m000/s1/i2*1D3,3D3,4D3,5D3,7D2,8D2,9D2,10D,11D,12D2,13D2,14D,15D,17D,20D,23D;1D3,3D3,4D3,7D2,8D2,9D2,10D,11D,12D2,13D2,14D,15D,17D,20D,23D/t3*14?,17?,19?,20?,23-. The topological polar surface area (TPSA) is 222 Å². The minimum absolute atomic E-state index is 0.178. The molecule has 3 saturated heterocycles. The number of fused-ring (bicyclic) bond motifs is 9. The van der Waals surface area contributed by atoms with Crippen LogP contribution < -0.4 is 45.6 Å². The molecule has 3 fully saturated rings. The van der Waals surface area contributed by atoms with Crippen LogP contribution in [0.1, 0.15) is 287 Å². The Morgan fingerprint density at radius 3 is 1.00 bits per heavy atom. The quantitative estimate of drug-likeness (QED) is 0.0666. The SMILES string of the molecule is [2H]c1c(OC)c(OC([2H])([2H])[2H])c([2H])c2c1C1N(C([2H])([2H])C2([2H])[2H])C([2H])([2H])C([2H])(C([2H])([2H])C([2H])(C)C([2H])([2H])[2H])C([2H])(OC(=O)[C@@]([2H])(N)C([2H])(C([2H])([2H])[2H])C([2H])([2H])[2H])C1([2H])[2H].[2H]c1c(OC)c(OC([2H])([2H])[2H])c([2H])c2c1C1N(C([2H])([2H])C2([2H])[2H])C([2H])([2H])C([2H])(C([2H])([2H])C([2H])(C)C([2H])([2H])[2H])C([2H])(OC(=O)[C@@]([2H])(N)C([2H])(C([2H])([2H])[2H])C([2H])([2H])[2H])C1([2H])[2H].[2H]c1c(OC)c(OC)c([2H])c2c1C1N(C([2H])([2H])C2([2H])[2H])C([2H])([2H])C([2H])(C([2H])([2H])C([2H])(C)C([2H])([2H])[2H])C([2H])(OC(=O)[C@@]([2H])(N)C([2H])(C([2H])([2H])[2H])C([2H])([2H])[2H])C1([2H])[2H]. The molecule has 15 atom stereocenters. The molecular weight excluding hydrogens is 1140 g/mol. The number of carbonyl (C=O) groups excluding carboxylic acids is 3. The maximum absolute atomic E-state index is 14.0. The van der Waals surface area contributed by atoms with E-state index in [2.05, 4.69) is 0 Å². The lowest BCUT2D eigenvalue weighted by Gasteiger charge is -2.47. The number of nitrogens with two attached hydrogens (primary N) is 3. The third-order valence-electron chi connectivity index (χ3n) is 11.6. The molecule has 6 aliphatic heterocycles. The Bertz CT molecular complexity index is 6430. The summed E-state index contributed by atoms with van der Waals surface area (Å²) in [4.78, 5) is 40.3. The first-order valence-corrected chi connectivity index (χ1v) is 24.8. The Balaban J connectivity index is 0.000000349. The molecule has 3 aromatic rings. The third-order valence-corrected chi connectivity index (χ3v) is 11.6. The maximum atomic E-state index is 14.0.